The minimum atomic E-state index is 0.534. The first kappa shape index (κ1) is 14.0. The fraction of sp³-hybridized carbons (Fsp3) is 0.0625. The zero-order valence-electron chi connectivity index (χ0n) is 11.3. The van der Waals surface area contributed by atoms with Crippen molar-refractivity contribution in [3.8, 4) is 22.6 Å². The van der Waals surface area contributed by atoms with Crippen molar-refractivity contribution in [2.75, 3.05) is 5.73 Å². The van der Waals surface area contributed by atoms with Crippen LogP contribution in [0.25, 0.3) is 22.6 Å². The molecule has 0 aliphatic carbocycles. The monoisotopic (exact) mass is 317 g/mol. The summed E-state index contributed by atoms with van der Waals surface area (Å²) in [6.45, 7) is 0. The van der Waals surface area contributed by atoms with Gasteiger partial charge >= 0.3 is 0 Å². The fourth-order valence-corrected chi connectivity index (χ4v) is 2.73. The molecule has 106 valence electrons. The number of halogens is 2. The topological polar surface area (TPSA) is 43.8 Å². The van der Waals surface area contributed by atoms with Gasteiger partial charge in [0.2, 0.25) is 0 Å². The third kappa shape index (κ3) is 2.50. The molecule has 21 heavy (non-hydrogen) atoms. The van der Waals surface area contributed by atoms with E-state index >= 15 is 0 Å². The van der Waals surface area contributed by atoms with Crippen molar-refractivity contribution in [2.45, 2.75) is 0 Å². The molecule has 0 saturated heterocycles. The minimum Gasteiger partial charge on any atom is -0.383 e. The third-order valence-electron chi connectivity index (χ3n) is 3.36. The molecule has 0 saturated carbocycles. The van der Waals surface area contributed by atoms with Crippen molar-refractivity contribution < 1.29 is 0 Å². The number of nitrogens with two attached hydrogens (primary N) is 1. The van der Waals surface area contributed by atoms with Crippen LogP contribution in [0.5, 0.6) is 0 Å². The Balaban J connectivity index is 2.17. The molecule has 1 heterocycles. The molecule has 5 heteroatoms. The molecule has 2 aromatic carbocycles. The van der Waals surface area contributed by atoms with Gasteiger partial charge in [-0.05, 0) is 18.2 Å². The lowest BCUT2D eigenvalue weighted by Gasteiger charge is -2.03. The van der Waals surface area contributed by atoms with Crippen LogP contribution < -0.4 is 5.73 Å². The van der Waals surface area contributed by atoms with E-state index in [1.165, 1.54) is 0 Å². The summed E-state index contributed by atoms with van der Waals surface area (Å²) in [6.07, 6.45) is 0. The number of rotatable bonds is 2. The summed E-state index contributed by atoms with van der Waals surface area (Å²) in [4.78, 5) is 4.65. The first-order valence-corrected chi connectivity index (χ1v) is 7.16. The maximum Gasteiger partial charge on any atom is 0.142 e. The Morgan fingerprint density at radius 3 is 2.43 bits per heavy atom. The van der Waals surface area contributed by atoms with Gasteiger partial charge in [0.1, 0.15) is 17.3 Å². The lowest BCUT2D eigenvalue weighted by molar-refractivity contribution is 0.937. The summed E-state index contributed by atoms with van der Waals surface area (Å²) in [6, 6.07) is 15.2. The molecule has 0 atom stereocenters. The van der Waals surface area contributed by atoms with E-state index in [-0.39, 0.29) is 0 Å². The van der Waals surface area contributed by atoms with E-state index in [0.29, 0.717) is 21.6 Å². The second-order valence-electron chi connectivity index (χ2n) is 4.72. The smallest absolute Gasteiger partial charge is 0.142 e. The van der Waals surface area contributed by atoms with E-state index in [2.05, 4.69) is 4.98 Å². The lowest BCUT2D eigenvalue weighted by Crippen LogP contribution is -1.98. The normalized spacial score (nSPS) is 10.8. The number of anilines is 1. The molecular formula is C16H13Cl2N3. The minimum absolute atomic E-state index is 0.534. The van der Waals surface area contributed by atoms with Crippen molar-refractivity contribution in [3.63, 3.8) is 0 Å². The average molecular weight is 318 g/mol. The first-order chi connectivity index (χ1) is 10.1. The van der Waals surface area contributed by atoms with E-state index < -0.39 is 0 Å². The van der Waals surface area contributed by atoms with Crippen molar-refractivity contribution in [1.82, 2.24) is 9.55 Å². The molecule has 0 unspecified atom stereocenters. The van der Waals surface area contributed by atoms with E-state index in [1.807, 2.05) is 48.0 Å². The first-order valence-electron chi connectivity index (χ1n) is 6.41. The van der Waals surface area contributed by atoms with Gasteiger partial charge in [0, 0.05) is 23.2 Å². The SMILES string of the molecule is Cn1c(-c2ccccc2)nc(-c2ccc(Cl)cc2Cl)c1N. The summed E-state index contributed by atoms with van der Waals surface area (Å²) in [7, 11) is 1.89. The molecular weight excluding hydrogens is 305 g/mol. The quantitative estimate of drug-likeness (QED) is 0.748. The predicted molar refractivity (Wildman–Crippen MR) is 88.5 cm³/mol. The van der Waals surface area contributed by atoms with Gasteiger partial charge < -0.3 is 10.3 Å². The molecule has 0 fully saturated rings. The summed E-state index contributed by atoms with van der Waals surface area (Å²) in [5.41, 5.74) is 8.63. The number of nitrogen functional groups attached to an aromatic ring is 1. The molecule has 0 aliphatic heterocycles. The van der Waals surface area contributed by atoms with E-state index in [4.69, 9.17) is 28.9 Å². The highest BCUT2D eigenvalue weighted by Crippen LogP contribution is 2.35. The molecule has 3 nitrogen and oxygen atoms in total. The predicted octanol–water partition coefficient (Wildman–Crippen LogP) is 4.64. The van der Waals surface area contributed by atoms with Crippen molar-refractivity contribution in [2.24, 2.45) is 7.05 Å². The summed E-state index contributed by atoms with van der Waals surface area (Å²) in [5.74, 6) is 1.37. The summed E-state index contributed by atoms with van der Waals surface area (Å²) in [5, 5.41) is 1.12. The highest BCUT2D eigenvalue weighted by atomic mass is 35.5. The molecule has 0 amide bonds. The van der Waals surface area contributed by atoms with Crippen molar-refractivity contribution >= 4 is 29.0 Å². The van der Waals surface area contributed by atoms with Crippen LogP contribution in [0.1, 0.15) is 0 Å². The van der Waals surface area contributed by atoms with Crippen molar-refractivity contribution in [1.29, 1.82) is 0 Å². The Bertz CT molecular complexity index is 795. The molecule has 0 aliphatic rings. The Labute approximate surface area is 132 Å². The van der Waals surface area contributed by atoms with Gasteiger partial charge in [-0.2, -0.15) is 0 Å². The van der Waals surface area contributed by atoms with Crippen LogP contribution in [0.15, 0.2) is 48.5 Å². The number of benzene rings is 2. The average Bonchev–Trinajstić information content (AvgIpc) is 2.77. The van der Waals surface area contributed by atoms with Gasteiger partial charge in [-0.15, -0.1) is 0 Å². The van der Waals surface area contributed by atoms with Gasteiger partial charge in [0.25, 0.3) is 0 Å². The molecule has 0 radical (unpaired) electrons. The Kier molecular flexibility index (Phi) is 3.62. The van der Waals surface area contributed by atoms with Crippen LogP contribution in [0.2, 0.25) is 10.0 Å². The van der Waals surface area contributed by atoms with Crippen LogP contribution in [0.4, 0.5) is 5.82 Å². The number of imidazole rings is 1. The number of hydrogen-bond acceptors (Lipinski definition) is 2. The number of nitrogens with zero attached hydrogens (tertiary/aromatic N) is 2. The van der Waals surface area contributed by atoms with Gasteiger partial charge in [0.15, 0.2) is 0 Å². The highest BCUT2D eigenvalue weighted by Gasteiger charge is 2.17. The van der Waals surface area contributed by atoms with Crippen LogP contribution in [-0.4, -0.2) is 9.55 Å². The van der Waals surface area contributed by atoms with E-state index in [9.17, 15) is 0 Å². The maximum atomic E-state index is 6.25. The van der Waals surface area contributed by atoms with Crippen LogP contribution >= 0.6 is 23.2 Å². The van der Waals surface area contributed by atoms with Gasteiger partial charge in [0.05, 0.1) is 5.02 Å². The van der Waals surface area contributed by atoms with Gasteiger partial charge in [-0.3, -0.25) is 0 Å². The van der Waals surface area contributed by atoms with Crippen molar-refractivity contribution in [3.05, 3.63) is 58.6 Å². The van der Waals surface area contributed by atoms with Gasteiger partial charge in [-0.1, -0.05) is 53.5 Å². The lowest BCUT2D eigenvalue weighted by atomic mass is 10.1. The van der Waals surface area contributed by atoms with Crippen LogP contribution in [0.3, 0.4) is 0 Å². The second-order valence-corrected chi connectivity index (χ2v) is 5.56. The van der Waals surface area contributed by atoms with E-state index in [0.717, 1.165) is 17.0 Å². The maximum absolute atomic E-state index is 6.25. The molecule has 3 rings (SSSR count). The number of hydrogen-bond donors (Lipinski definition) is 1. The zero-order valence-corrected chi connectivity index (χ0v) is 12.9. The highest BCUT2D eigenvalue weighted by molar-refractivity contribution is 6.36. The largest absolute Gasteiger partial charge is 0.383 e. The second kappa shape index (κ2) is 5.43. The van der Waals surface area contributed by atoms with Gasteiger partial charge in [-0.25, -0.2) is 4.98 Å². The Hall–Kier alpha value is -1.97. The standard InChI is InChI=1S/C16H13Cl2N3/c1-21-15(19)14(12-8-7-11(17)9-13(12)18)20-16(21)10-5-3-2-4-6-10/h2-9H,19H2,1H3. The van der Waals surface area contributed by atoms with Crippen LogP contribution in [0, 0.1) is 0 Å². The van der Waals surface area contributed by atoms with E-state index in [1.54, 1.807) is 12.1 Å². The van der Waals surface area contributed by atoms with Crippen LogP contribution in [-0.2, 0) is 7.05 Å². The molecule has 0 bridgehead atoms. The molecule has 2 N–H and O–H groups in total. The number of aromatic nitrogens is 2. The molecule has 1 aromatic heterocycles. The fourth-order valence-electron chi connectivity index (χ4n) is 2.24. The summed E-state index contributed by atoms with van der Waals surface area (Å²) < 4.78 is 1.86. The Morgan fingerprint density at radius 1 is 1.05 bits per heavy atom. The Morgan fingerprint density at radius 2 is 1.76 bits per heavy atom. The summed E-state index contributed by atoms with van der Waals surface area (Å²) >= 11 is 12.2. The molecule has 0 spiro atoms. The zero-order chi connectivity index (χ0) is 15.0. The third-order valence-corrected chi connectivity index (χ3v) is 3.91. The molecule has 3 aromatic rings.